The van der Waals surface area contributed by atoms with E-state index in [4.69, 9.17) is 5.73 Å². The Kier molecular flexibility index (Phi) is 1.70. The zero-order chi connectivity index (χ0) is 10.4. The van der Waals surface area contributed by atoms with E-state index in [1.165, 1.54) is 0 Å². The summed E-state index contributed by atoms with van der Waals surface area (Å²) in [6.07, 6.45) is 1.80. The van der Waals surface area contributed by atoms with Gasteiger partial charge in [0, 0.05) is 18.1 Å². The summed E-state index contributed by atoms with van der Waals surface area (Å²) in [4.78, 5) is 5.36. The molecule has 0 atom stereocenters. The maximum Gasteiger partial charge on any atom is 0.163 e. The Morgan fingerprint density at radius 3 is 3.20 bits per heavy atom. The van der Waals surface area contributed by atoms with Crippen LogP contribution in [-0.2, 0) is 6.54 Å². The minimum absolute atomic E-state index is 0.606. The number of thiophene rings is 1. The van der Waals surface area contributed by atoms with Crippen molar-refractivity contribution in [2.24, 2.45) is 0 Å². The lowest BCUT2D eigenvalue weighted by molar-refractivity contribution is 0.689. The molecule has 5 heteroatoms. The molecule has 0 amide bonds. The molecule has 4 nitrogen and oxygen atoms in total. The average Bonchev–Trinajstić information content (AvgIpc) is 2.77. The molecule has 0 aromatic carbocycles. The van der Waals surface area contributed by atoms with Crippen LogP contribution in [0.4, 0.5) is 5.82 Å². The molecule has 3 aromatic heterocycles. The molecular formula is C10H10N4S. The van der Waals surface area contributed by atoms with Crippen LogP contribution in [0.5, 0.6) is 0 Å². The highest BCUT2D eigenvalue weighted by molar-refractivity contribution is 7.25. The number of nitrogens with zero attached hydrogens (tertiary/aromatic N) is 3. The van der Waals surface area contributed by atoms with Crippen LogP contribution >= 0.6 is 11.3 Å². The quantitative estimate of drug-likeness (QED) is 0.681. The zero-order valence-corrected chi connectivity index (χ0v) is 9.08. The first-order valence-electron chi connectivity index (χ1n) is 4.80. The molecule has 76 valence electrons. The molecule has 3 heterocycles. The number of aromatic nitrogens is 3. The molecule has 0 saturated heterocycles. The summed E-state index contributed by atoms with van der Waals surface area (Å²) >= 11 is 1.61. The second-order valence-electron chi connectivity index (χ2n) is 3.34. The van der Waals surface area contributed by atoms with Gasteiger partial charge in [-0.1, -0.05) is 0 Å². The second kappa shape index (κ2) is 2.93. The number of fused-ring (bicyclic) bond motifs is 3. The molecule has 15 heavy (non-hydrogen) atoms. The van der Waals surface area contributed by atoms with E-state index in [0.717, 1.165) is 27.0 Å². The molecule has 0 bridgehead atoms. The van der Waals surface area contributed by atoms with Crippen molar-refractivity contribution < 1.29 is 0 Å². The Bertz CT molecular complexity index is 637. The summed E-state index contributed by atoms with van der Waals surface area (Å²) in [6.45, 7) is 2.89. The highest BCUT2D eigenvalue weighted by Gasteiger charge is 2.14. The number of hydrogen-bond donors (Lipinski definition) is 1. The Balaban J connectivity index is 2.56. The lowest BCUT2D eigenvalue weighted by atomic mass is 10.3. The highest BCUT2D eigenvalue weighted by Crippen LogP contribution is 2.35. The van der Waals surface area contributed by atoms with E-state index in [1.54, 1.807) is 17.5 Å². The third-order valence-corrected chi connectivity index (χ3v) is 3.58. The minimum Gasteiger partial charge on any atom is -0.381 e. The number of nitrogen functional groups attached to an aromatic ring is 1. The third kappa shape index (κ3) is 1.07. The van der Waals surface area contributed by atoms with Crippen LogP contribution in [0.2, 0.25) is 0 Å². The molecule has 0 spiro atoms. The topological polar surface area (TPSA) is 56.7 Å². The molecule has 3 aromatic rings. The SMILES string of the molecule is CCn1nc(N)c2sc3ncccc3c21. The van der Waals surface area contributed by atoms with Crippen molar-refractivity contribution in [3.63, 3.8) is 0 Å². The van der Waals surface area contributed by atoms with Crippen molar-refractivity contribution >= 4 is 37.6 Å². The molecule has 2 N–H and O–H groups in total. The summed E-state index contributed by atoms with van der Waals surface area (Å²) in [7, 11) is 0. The van der Waals surface area contributed by atoms with Gasteiger partial charge in [0.2, 0.25) is 0 Å². The van der Waals surface area contributed by atoms with Crippen LogP contribution in [0, 0.1) is 0 Å². The predicted molar refractivity (Wildman–Crippen MR) is 63.0 cm³/mol. The van der Waals surface area contributed by atoms with Crippen molar-refractivity contribution in [2.45, 2.75) is 13.5 Å². The van der Waals surface area contributed by atoms with Crippen molar-refractivity contribution in [1.29, 1.82) is 0 Å². The van der Waals surface area contributed by atoms with E-state index in [0.29, 0.717) is 5.82 Å². The lowest BCUT2D eigenvalue weighted by Crippen LogP contribution is -1.97. The largest absolute Gasteiger partial charge is 0.381 e. The smallest absolute Gasteiger partial charge is 0.163 e. The van der Waals surface area contributed by atoms with Crippen LogP contribution in [0.15, 0.2) is 18.3 Å². The number of pyridine rings is 1. The van der Waals surface area contributed by atoms with E-state index in [2.05, 4.69) is 23.1 Å². The number of nitrogens with two attached hydrogens (primary N) is 1. The summed E-state index contributed by atoms with van der Waals surface area (Å²) in [5.41, 5.74) is 6.98. The molecule has 0 aliphatic heterocycles. The normalized spacial score (nSPS) is 11.5. The standard InChI is InChI=1S/C10H10N4S/c1-2-14-7-6-4-3-5-12-10(6)15-8(7)9(11)13-14/h3-5H,2H2,1H3,(H2,11,13). The Morgan fingerprint density at radius 1 is 1.53 bits per heavy atom. The van der Waals surface area contributed by atoms with E-state index < -0.39 is 0 Å². The van der Waals surface area contributed by atoms with Crippen LogP contribution < -0.4 is 5.73 Å². The zero-order valence-electron chi connectivity index (χ0n) is 8.27. The average molecular weight is 218 g/mol. The lowest BCUT2D eigenvalue weighted by Gasteiger charge is -1.96. The van der Waals surface area contributed by atoms with E-state index in [1.807, 2.05) is 10.7 Å². The molecule has 0 fully saturated rings. The fraction of sp³-hybridized carbons (Fsp3) is 0.200. The maximum atomic E-state index is 5.87. The maximum absolute atomic E-state index is 5.87. The predicted octanol–water partition coefficient (Wildman–Crippen LogP) is 2.25. The Morgan fingerprint density at radius 2 is 2.40 bits per heavy atom. The van der Waals surface area contributed by atoms with Crippen molar-refractivity contribution in [1.82, 2.24) is 14.8 Å². The second-order valence-corrected chi connectivity index (χ2v) is 4.34. The van der Waals surface area contributed by atoms with Gasteiger partial charge in [0.05, 0.1) is 10.2 Å². The highest BCUT2D eigenvalue weighted by atomic mass is 32.1. The number of rotatable bonds is 1. The van der Waals surface area contributed by atoms with Crippen LogP contribution in [0.1, 0.15) is 6.92 Å². The van der Waals surface area contributed by atoms with Crippen LogP contribution in [0.25, 0.3) is 20.4 Å². The van der Waals surface area contributed by atoms with Gasteiger partial charge in [0.25, 0.3) is 0 Å². The van der Waals surface area contributed by atoms with Crippen molar-refractivity contribution in [3.05, 3.63) is 18.3 Å². The van der Waals surface area contributed by atoms with E-state index >= 15 is 0 Å². The summed E-state index contributed by atoms with van der Waals surface area (Å²) in [6, 6.07) is 4.01. The van der Waals surface area contributed by atoms with Gasteiger partial charge in [-0.25, -0.2) is 4.98 Å². The van der Waals surface area contributed by atoms with Gasteiger partial charge in [-0.2, -0.15) is 5.10 Å². The fourth-order valence-corrected chi connectivity index (χ4v) is 2.84. The number of anilines is 1. The van der Waals surface area contributed by atoms with Gasteiger partial charge in [-0.05, 0) is 19.1 Å². The van der Waals surface area contributed by atoms with Gasteiger partial charge < -0.3 is 5.73 Å². The summed E-state index contributed by atoms with van der Waals surface area (Å²) in [5.74, 6) is 0.606. The molecule has 0 aliphatic rings. The number of aryl methyl sites for hydroxylation is 1. The van der Waals surface area contributed by atoms with E-state index in [9.17, 15) is 0 Å². The van der Waals surface area contributed by atoms with Gasteiger partial charge in [-0.15, -0.1) is 11.3 Å². The molecule has 0 unspecified atom stereocenters. The van der Waals surface area contributed by atoms with Gasteiger partial charge >= 0.3 is 0 Å². The first-order valence-corrected chi connectivity index (χ1v) is 5.62. The number of hydrogen-bond acceptors (Lipinski definition) is 4. The third-order valence-electron chi connectivity index (χ3n) is 2.46. The monoisotopic (exact) mass is 218 g/mol. The van der Waals surface area contributed by atoms with Gasteiger partial charge in [0.1, 0.15) is 4.83 Å². The first-order chi connectivity index (χ1) is 7.31. The molecule has 0 radical (unpaired) electrons. The van der Waals surface area contributed by atoms with Crippen molar-refractivity contribution in [3.8, 4) is 0 Å². The van der Waals surface area contributed by atoms with Gasteiger partial charge in [0.15, 0.2) is 5.82 Å². The van der Waals surface area contributed by atoms with Crippen molar-refractivity contribution in [2.75, 3.05) is 5.73 Å². The summed E-state index contributed by atoms with van der Waals surface area (Å²) in [5, 5.41) is 5.44. The van der Waals surface area contributed by atoms with Gasteiger partial charge in [-0.3, -0.25) is 4.68 Å². The van der Waals surface area contributed by atoms with Crippen LogP contribution in [-0.4, -0.2) is 14.8 Å². The molecule has 0 saturated carbocycles. The minimum atomic E-state index is 0.606. The molecular weight excluding hydrogens is 208 g/mol. The van der Waals surface area contributed by atoms with E-state index in [-0.39, 0.29) is 0 Å². The Hall–Kier alpha value is -1.62. The molecule has 0 aliphatic carbocycles. The van der Waals surface area contributed by atoms with Crippen LogP contribution in [0.3, 0.4) is 0 Å². The summed E-state index contributed by atoms with van der Waals surface area (Å²) < 4.78 is 2.98. The fourth-order valence-electron chi connectivity index (χ4n) is 1.80. The molecule has 3 rings (SSSR count). The Labute approximate surface area is 90.3 Å². The first kappa shape index (κ1) is 8.67.